The average Bonchev–Trinajstić information content (AvgIpc) is 2.95. The van der Waals surface area contributed by atoms with Gasteiger partial charge in [-0.3, -0.25) is 0 Å². The third-order valence-electron chi connectivity index (χ3n) is 5.74. The van der Waals surface area contributed by atoms with Crippen molar-refractivity contribution >= 4 is 11.4 Å². The van der Waals surface area contributed by atoms with Crippen molar-refractivity contribution in [2.24, 2.45) is 0 Å². The van der Waals surface area contributed by atoms with Crippen LogP contribution in [0.15, 0.2) is 24.3 Å². The van der Waals surface area contributed by atoms with Crippen molar-refractivity contribution in [1.29, 1.82) is 0 Å². The molecule has 0 amide bonds. The molecule has 0 atom stereocenters. The number of benzene rings is 2. The number of ether oxygens (including phenoxy) is 2. The second-order valence-corrected chi connectivity index (χ2v) is 8.01. The van der Waals surface area contributed by atoms with Crippen molar-refractivity contribution < 1.29 is 9.47 Å². The molecule has 28 heavy (non-hydrogen) atoms. The zero-order chi connectivity index (χ0) is 20.3. The van der Waals surface area contributed by atoms with E-state index in [4.69, 9.17) is 9.47 Å². The molecule has 0 N–H and O–H groups in total. The van der Waals surface area contributed by atoms with Crippen LogP contribution in [-0.2, 0) is 16.0 Å². The van der Waals surface area contributed by atoms with Gasteiger partial charge in [0.15, 0.2) is 0 Å². The predicted octanol–water partition coefficient (Wildman–Crippen LogP) is 4.68. The lowest BCUT2D eigenvalue weighted by atomic mass is 9.99. The van der Waals surface area contributed by atoms with Gasteiger partial charge in [-0.05, 0) is 74.6 Å². The Hall–Kier alpha value is -2.04. The fourth-order valence-electron chi connectivity index (χ4n) is 4.05. The van der Waals surface area contributed by atoms with Gasteiger partial charge in [0.1, 0.15) is 0 Å². The molecule has 0 spiro atoms. The maximum absolute atomic E-state index is 5.72. The smallest absolute Gasteiger partial charge is 0.0908 e. The standard InChI is InChI=1S/C24H34N2O2/c1-17-11-20(4)22(21(5)12-17)15-26-16-25(7-8-28-10-9-27-6)23-13-18(2)19(3)14-24(23)26/h11-14H,7-10,15-16H2,1-6H3. The fourth-order valence-corrected chi connectivity index (χ4v) is 4.05. The molecule has 0 bridgehead atoms. The van der Waals surface area contributed by atoms with Gasteiger partial charge in [0.25, 0.3) is 0 Å². The summed E-state index contributed by atoms with van der Waals surface area (Å²) in [5, 5.41) is 0. The van der Waals surface area contributed by atoms with E-state index in [2.05, 4.69) is 68.7 Å². The number of nitrogens with zero attached hydrogens (tertiary/aromatic N) is 2. The number of hydrogen-bond acceptors (Lipinski definition) is 4. The molecule has 0 unspecified atom stereocenters. The van der Waals surface area contributed by atoms with Crippen molar-refractivity contribution in [3.63, 3.8) is 0 Å². The highest BCUT2D eigenvalue weighted by Gasteiger charge is 2.27. The van der Waals surface area contributed by atoms with Gasteiger partial charge < -0.3 is 19.3 Å². The first-order valence-electron chi connectivity index (χ1n) is 10.1. The molecule has 0 aromatic heterocycles. The summed E-state index contributed by atoms with van der Waals surface area (Å²) in [6.45, 7) is 15.8. The molecule has 0 fully saturated rings. The lowest BCUT2D eigenvalue weighted by Gasteiger charge is -2.24. The van der Waals surface area contributed by atoms with Crippen molar-refractivity contribution in [1.82, 2.24) is 0 Å². The molecule has 1 heterocycles. The first kappa shape index (κ1) is 20.7. The topological polar surface area (TPSA) is 24.9 Å². The highest BCUT2D eigenvalue weighted by Crippen LogP contribution is 2.39. The van der Waals surface area contributed by atoms with Gasteiger partial charge in [-0.15, -0.1) is 0 Å². The highest BCUT2D eigenvalue weighted by molar-refractivity contribution is 5.78. The van der Waals surface area contributed by atoms with Crippen molar-refractivity contribution in [2.75, 3.05) is 49.9 Å². The molecule has 0 saturated heterocycles. The molecular weight excluding hydrogens is 348 g/mol. The molecule has 152 valence electrons. The van der Waals surface area contributed by atoms with Gasteiger partial charge in [0.2, 0.25) is 0 Å². The number of fused-ring (bicyclic) bond motifs is 1. The van der Waals surface area contributed by atoms with E-state index in [1.807, 2.05) is 0 Å². The maximum atomic E-state index is 5.72. The lowest BCUT2D eigenvalue weighted by Crippen LogP contribution is -2.33. The molecule has 1 aliphatic rings. The van der Waals surface area contributed by atoms with Gasteiger partial charge in [-0.1, -0.05) is 17.7 Å². The molecule has 2 aromatic rings. The van der Waals surface area contributed by atoms with Gasteiger partial charge in [-0.25, -0.2) is 0 Å². The fraction of sp³-hybridized carbons (Fsp3) is 0.500. The number of hydrogen-bond donors (Lipinski definition) is 0. The normalized spacial score (nSPS) is 13.4. The van der Waals surface area contributed by atoms with Crippen LogP contribution in [0.5, 0.6) is 0 Å². The Balaban J connectivity index is 1.81. The van der Waals surface area contributed by atoms with Gasteiger partial charge in [0.05, 0.1) is 37.9 Å². The van der Waals surface area contributed by atoms with E-state index in [0.29, 0.717) is 19.8 Å². The van der Waals surface area contributed by atoms with Crippen LogP contribution in [0.4, 0.5) is 11.4 Å². The monoisotopic (exact) mass is 382 g/mol. The van der Waals surface area contributed by atoms with Crippen molar-refractivity contribution in [3.8, 4) is 0 Å². The van der Waals surface area contributed by atoms with Crippen LogP contribution < -0.4 is 9.80 Å². The summed E-state index contributed by atoms with van der Waals surface area (Å²) in [5.41, 5.74) is 10.9. The Labute approximate surface area is 170 Å². The predicted molar refractivity (Wildman–Crippen MR) is 118 cm³/mol. The Bertz CT molecular complexity index is 809. The van der Waals surface area contributed by atoms with Crippen LogP contribution in [0.1, 0.15) is 33.4 Å². The van der Waals surface area contributed by atoms with Crippen LogP contribution >= 0.6 is 0 Å². The van der Waals surface area contributed by atoms with E-state index in [-0.39, 0.29) is 0 Å². The minimum Gasteiger partial charge on any atom is -0.382 e. The third-order valence-corrected chi connectivity index (χ3v) is 5.74. The molecule has 1 aliphatic heterocycles. The highest BCUT2D eigenvalue weighted by atomic mass is 16.5. The van der Waals surface area contributed by atoms with Gasteiger partial charge in [-0.2, -0.15) is 0 Å². The zero-order valence-electron chi connectivity index (χ0n) is 18.3. The summed E-state index contributed by atoms with van der Waals surface area (Å²) in [6.07, 6.45) is 0. The molecule has 3 rings (SSSR count). The minimum atomic E-state index is 0.646. The Morgan fingerprint density at radius 3 is 1.96 bits per heavy atom. The second-order valence-electron chi connectivity index (χ2n) is 8.01. The summed E-state index contributed by atoms with van der Waals surface area (Å²) < 4.78 is 10.8. The van der Waals surface area contributed by atoms with E-state index in [1.54, 1.807) is 7.11 Å². The molecular formula is C24H34N2O2. The largest absolute Gasteiger partial charge is 0.382 e. The maximum Gasteiger partial charge on any atom is 0.0908 e. The van der Waals surface area contributed by atoms with E-state index in [9.17, 15) is 0 Å². The minimum absolute atomic E-state index is 0.646. The van der Waals surface area contributed by atoms with Crippen LogP contribution in [0.25, 0.3) is 0 Å². The summed E-state index contributed by atoms with van der Waals surface area (Å²) >= 11 is 0. The third kappa shape index (κ3) is 4.50. The van der Waals surface area contributed by atoms with Crippen LogP contribution in [0, 0.1) is 34.6 Å². The number of rotatable bonds is 8. The van der Waals surface area contributed by atoms with Crippen molar-refractivity contribution in [2.45, 2.75) is 41.2 Å². The number of methoxy groups -OCH3 is 1. The zero-order valence-corrected chi connectivity index (χ0v) is 18.3. The van der Waals surface area contributed by atoms with Crippen LogP contribution in [0.3, 0.4) is 0 Å². The quantitative estimate of drug-likeness (QED) is 0.619. The van der Waals surface area contributed by atoms with Gasteiger partial charge >= 0.3 is 0 Å². The van der Waals surface area contributed by atoms with Crippen LogP contribution in [0.2, 0.25) is 0 Å². The average molecular weight is 383 g/mol. The van der Waals surface area contributed by atoms with Crippen LogP contribution in [-0.4, -0.2) is 40.1 Å². The summed E-state index contributed by atoms with van der Waals surface area (Å²) in [6, 6.07) is 9.26. The van der Waals surface area contributed by atoms with E-state index >= 15 is 0 Å². The summed E-state index contributed by atoms with van der Waals surface area (Å²) in [4.78, 5) is 4.94. The molecule has 2 aromatic carbocycles. The number of aryl methyl sites for hydroxylation is 5. The molecule has 4 heteroatoms. The van der Waals surface area contributed by atoms with E-state index in [0.717, 1.165) is 19.8 Å². The SMILES string of the molecule is COCCOCCN1CN(Cc2c(C)cc(C)cc2C)c2cc(C)c(C)cc21. The molecule has 4 nitrogen and oxygen atoms in total. The molecule has 0 saturated carbocycles. The van der Waals surface area contributed by atoms with Crippen molar-refractivity contribution in [3.05, 3.63) is 57.6 Å². The first-order chi connectivity index (χ1) is 13.4. The molecule has 0 aliphatic carbocycles. The first-order valence-corrected chi connectivity index (χ1v) is 10.1. The Kier molecular flexibility index (Phi) is 6.63. The summed E-state index contributed by atoms with van der Waals surface area (Å²) in [5.74, 6) is 0. The second kappa shape index (κ2) is 8.97. The Morgan fingerprint density at radius 1 is 0.750 bits per heavy atom. The van der Waals surface area contributed by atoms with E-state index < -0.39 is 0 Å². The summed E-state index contributed by atoms with van der Waals surface area (Å²) in [7, 11) is 1.71. The Morgan fingerprint density at radius 2 is 1.36 bits per heavy atom. The lowest BCUT2D eigenvalue weighted by molar-refractivity contribution is 0.0741. The molecule has 0 radical (unpaired) electrons. The number of anilines is 2. The van der Waals surface area contributed by atoms with Gasteiger partial charge in [0, 0.05) is 20.2 Å². The van der Waals surface area contributed by atoms with E-state index in [1.165, 1.54) is 44.8 Å².